The zero-order chi connectivity index (χ0) is 12.1. The Bertz CT molecular complexity index is 431. The maximum Gasteiger partial charge on any atom is 0.252 e. The zero-order valence-corrected chi connectivity index (χ0v) is 11.0. The summed E-state index contributed by atoms with van der Waals surface area (Å²) in [6.07, 6.45) is 1.53. The van der Waals surface area contributed by atoms with E-state index in [9.17, 15) is 9.59 Å². The molecule has 1 heterocycles. The van der Waals surface area contributed by atoms with E-state index in [-0.39, 0.29) is 29.9 Å². The highest BCUT2D eigenvalue weighted by Gasteiger charge is 2.07. The largest absolute Gasteiger partial charge is 0.350 e. The van der Waals surface area contributed by atoms with Crippen LogP contribution in [0.4, 0.5) is 0 Å². The van der Waals surface area contributed by atoms with E-state index in [1.54, 1.807) is 7.05 Å². The van der Waals surface area contributed by atoms with E-state index in [0.29, 0.717) is 12.1 Å². The highest BCUT2D eigenvalue weighted by atomic mass is 35.5. The van der Waals surface area contributed by atoms with Crippen LogP contribution in [0.2, 0.25) is 0 Å². The number of aromatic nitrogens is 1. The minimum atomic E-state index is -0.169. The number of amides is 1. The van der Waals surface area contributed by atoms with Gasteiger partial charge in [0.1, 0.15) is 0 Å². The number of pyridine rings is 1. The number of carbonyl (C=O) groups is 1. The molecule has 1 aromatic rings. The molecule has 0 aliphatic carbocycles. The van der Waals surface area contributed by atoms with Crippen molar-refractivity contribution in [1.29, 1.82) is 0 Å². The maximum absolute atomic E-state index is 11.7. The lowest BCUT2D eigenvalue weighted by Gasteiger charge is -2.11. The second kappa shape index (κ2) is 7.09. The van der Waals surface area contributed by atoms with Crippen LogP contribution in [0.3, 0.4) is 0 Å². The van der Waals surface area contributed by atoms with Gasteiger partial charge in [-0.1, -0.05) is 0 Å². The summed E-state index contributed by atoms with van der Waals surface area (Å²) in [5.41, 5.74) is 0.366. The Kier molecular flexibility index (Phi) is 6.53. The minimum absolute atomic E-state index is 0. The highest BCUT2D eigenvalue weighted by molar-refractivity contribution is 5.93. The van der Waals surface area contributed by atoms with Gasteiger partial charge in [-0.2, -0.15) is 0 Å². The predicted octanol–water partition coefficient (Wildman–Crippen LogP) is 0.145. The summed E-state index contributed by atoms with van der Waals surface area (Å²) in [4.78, 5) is 22.8. The Morgan fingerprint density at radius 2 is 2.12 bits per heavy atom. The fraction of sp³-hybridized carbons (Fsp3) is 0.455. The maximum atomic E-state index is 11.7. The molecule has 1 aromatic heterocycles. The third-order valence-corrected chi connectivity index (χ3v) is 2.41. The summed E-state index contributed by atoms with van der Waals surface area (Å²) in [7, 11) is 3.46. The van der Waals surface area contributed by atoms with E-state index in [1.165, 1.54) is 22.9 Å². The Hall–Kier alpha value is -1.33. The van der Waals surface area contributed by atoms with Gasteiger partial charge in [0.2, 0.25) is 5.56 Å². The summed E-state index contributed by atoms with van der Waals surface area (Å²) in [6.45, 7) is 2.53. The van der Waals surface area contributed by atoms with Gasteiger partial charge in [0.05, 0.1) is 5.56 Å². The molecule has 0 aliphatic rings. The minimum Gasteiger partial charge on any atom is -0.350 e. The van der Waals surface area contributed by atoms with Crippen LogP contribution >= 0.6 is 12.4 Å². The second-order valence-corrected chi connectivity index (χ2v) is 3.77. The Morgan fingerprint density at radius 1 is 1.47 bits per heavy atom. The lowest BCUT2D eigenvalue weighted by molar-refractivity contribution is 0.0950. The first-order valence-corrected chi connectivity index (χ1v) is 5.16. The average Bonchev–Trinajstić information content (AvgIpc) is 2.29. The molecular formula is C11H18ClN3O2. The van der Waals surface area contributed by atoms with E-state index in [1.807, 2.05) is 14.0 Å². The van der Waals surface area contributed by atoms with Gasteiger partial charge in [0.15, 0.2) is 0 Å². The monoisotopic (exact) mass is 259 g/mol. The molecule has 1 unspecified atom stereocenters. The Balaban J connectivity index is 0.00000256. The van der Waals surface area contributed by atoms with Gasteiger partial charge in [-0.25, -0.2) is 0 Å². The fourth-order valence-corrected chi connectivity index (χ4v) is 1.18. The first-order valence-electron chi connectivity index (χ1n) is 5.16. The molecule has 1 atom stereocenters. The summed E-state index contributed by atoms with van der Waals surface area (Å²) >= 11 is 0. The van der Waals surface area contributed by atoms with Crippen molar-refractivity contribution in [3.63, 3.8) is 0 Å². The molecular weight excluding hydrogens is 242 g/mol. The molecule has 1 rings (SSSR count). The van der Waals surface area contributed by atoms with Crippen molar-refractivity contribution in [2.75, 3.05) is 13.6 Å². The molecule has 1 amide bonds. The average molecular weight is 260 g/mol. The quantitative estimate of drug-likeness (QED) is 0.809. The molecule has 0 fully saturated rings. The zero-order valence-electron chi connectivity index (χ0n) is 10.2. The molecule has 0 bridgehead atoms. The van der Waals surface area contributed by atoms with Gasteiger partial charge in [0, 0.05) is 31.9 Å². The van der Waals surface area contributed by atoms with Crippen molar-refractivity contribution in [2.24, 2.45) is 7.05 Å². The molecule has 0 aromatic carbocycles. The Labute approximate surface area is 107 Å². The lowest BCUT2D eigenvalue weighted by atomic mass is 10.2. The van der Waals surface area contributed by atoms with Gasteiger partial charge in [-0.15, -0.1) is 12.4 Å². The van der Waals surface area contributed by atoms with Crippen LogP contribution < -0.4 is 16.2 Å². The predicted molar refractivity (Wildman–Crippen MR) is 69.8 cm³/mol. The smallest absolute Gasteiger partial charge is 0.252 e. The van der Waals surface area contributed by atoms with Crippen molar-refractivity contribution in [3.8, 4) is 0 Å². The summed E-state index contributed by atoms with van der Waals surface area (Å²) in [5, 5.41) is 5.80. The number of halogens is 1. The SMILES string of the molecule is CNC(C)CNC(=O)c1ccc(=O)n(C)c1.Cl. The normalized spacial score (nSPS) is 11.5. The van der Waals surface area contributed by atoms with Crippen LogP contribution in [0.15, 0.2) is 23.1 Å². The molecule has 0 saturated heterocycles. The van der Waals surface area contributed by atoms with E-state index < -0.39 is 0 Å². The van der Waals surface area contributed by atoms with Gasteiger partial charge >= 0.3 is 0 Å². The molecule has 2 N–H and O–H groups in total. The molecule has 96 valence electrons. The van der Waals surface area contributed by atoms with Crippen molar-refractivity contribution >= 4 is 18.3 Å². The van der Waals surface area contributed by atoms with Gasteiger partial charge in [0.25, 0.3) is 5.91 Å². The number of likely N-dealkylation sites (N-methyl/N-ethyl adjacent to an activating group) is 1. The summed E-state index contributed by atoms with van der Waals surface area (Å²) in [5.74, 6) is -0.169. The van der Waals surface area contributed by atoms with Crippen LogP contribution in [-0.2, 0) is 7.05 Å². The number of carbonyl (C=O) groups excluding carboxylic acids is 1. The van der Waals surface area contributed by atoms with Crippen LogP contribution in [0, 0.1) is 0 Å². The van der Waals surface area contributed by atoms with Gasteiger partial charge < -0.3 is 15.2 Å². The molecule has 17 heavy (non-hydrogen) atoms. The Morgan fingerprint density at radius 3 is 2.65 bits per heavy atom. The van der Waals surface area contributed by atoms with E-state index >= 15 is 0 Å². The van der Waals surface area contributed by atoms with Crippen molar-refractivity contribution in [2.45, 2.75) is 13.0 Å². The van der Waals surface area contributed by atoms with Gasteiger partial charge in [-0.3, -0.25) is 9.59 Å². The number of aryl methyl sites for hydroxylation is 1. The molecule has 0 spiro atoms. The number of rotatable bonds is 4. The first-order chi connectivity index (χ1) is 7.54. The van der Waals surface area contributed by atoms with Crippen LogP contribution in [0.25, 0.3) is 0 Å². The van der Waals surface area contributed by atoms with Crippen LogP contribution in [0.1, 0.15) is 17.3 Å². The topological polar surface area (TPSA) is 63.1 Å². The number of hydrogen-bond acceptors (Lipinski definition) is 3. The molecule has 0 radical (unpaired) electrons. The van der Waals surface area contributed by atoms with E-state index in [4.69, 9.17) is 0 Å². The van der Waals surface area contributed by atoms with Crippen LogP contribution in [-0.4, -0.2) is 30.1 Å². The fourth-order valence-electron chi connectivity index (χ4n) is 1.18. The van der Waals surface area contributed by atoms with Gasteiger partial charge in [-0.05, 0) is 20.0 Å². The molecule has 5 nitrogen and oxygen atoms in total. The molecule has 6 heteroatoms. The lowest BCUT2D eigenvalue weighted by Crippen LogP contribution is -2.37. The first kappa shape index (κ1) is 15.7. The third kappa shape index (κ3) is 4.58. The van der Waals surface area contributed by atoms with E-state index in [2.05, 4.69) is 10.6 Å². The molecule has 0 saturated carbocycles. The standard InChI is InChI=1S/C11H17N3O2.ClH/c1-8(12-2)6-13-11(16)9-4-5-10(15)14(3)7-9;/h4-5,7-8,12H,6H2,1-3H3,(H,13,16);1H. The number of nitrogens with zero attached hydrogens (tertiary/aromatic N) is 1. The number of hydrogen-bond donors (Lipinski definition) is 2. The highest BCUT2D eigenvalue weighted by Crippen LogP contribution is 1.94. The van der Waals surface area contributed by atoms with Crippen molar-refractivity contribution in [3.05, 3.63) is 34.2 Å². The number of nitrogens with one attached hydrogen (secondary N) is 2. The van der Waals surface area contributed by atoms with Crippen LogP contribution in [0.5, 0.6) is 0 Å². The summed E-state index contributed by atoms with van der Waals surface area (Å²) < 4.78 is 1.39. The van der Waals surface area contributed by atoms with E-state index in [0.717, 1.165) is 0 Å². The third-order valence-electron chi connectivity index (χ3n) is 2.41. The summed E-state index contributed by atoms with van der Waals surface area (Å²) in [6, 6.07) is 3.13. The van der Waals surface area contributed by atoms with Crippen molar-refractivity contribution < 1.29 is 4.79 Å². The van der Waals surface area contributed by atoms with Crippen molar-refractivity contribution in [1.82, 2.24) is 15.2 Å². The molecule has 0 aliphatic heterocycles. The second-order valence-electron chi connectivity index (χ2n) is 3.77.